The first-order valence-corrected chi connectivity index (χ1v) is 3.34. The normalized spacial score (nSPS) is 18.0. The second kappa shape index (κ2) is 4.24. The van der Waals surface area contributed by atoms with Crippen LogP contribution in [0.25, 0.3) is 0 Å². The van der Waals surface area contributed by atoms with Crippen molar-refractivity contribution in [1.82, 2.24) is 0 Å². The fraction of sp³-hybridized carbons (Fsp3) is 0.833. The first kappa shape index (κ1) is 11.2. The van der Waals surface area contributed by atoms with E-state index in [0.29, 0.717) is 0 Å². The van der Waals surface area contributed by atoms with Crippen LogP contribution in [0.2, 0.25) is 0 Å². The van der Waals surface area contributed by atoms with E-state index in [1.54, 1.807) is 0 Å². The van der Waals surface area contributed by atoms with Crippen LogP contribution in [0.15, 0.2) is 0 Å². The Hall–Kier alpha value is -0.850. The molecule has 2 atom stereocenters. The lowest BCUT2D eigenvalue weighted by Gasteiger charge is -2.30. The molecule has 12 heavy (non-hydrogen) atoms. The monoisotopic (exact) mass is 179 g/mol. The lowest BCUT2D eigenvalue weighted by molar-refractivity contribution is -0.110. The van der Waals surface area contributed by atoms with Gasteiger partial charge in [-0.2, -0.15) is 0 Å². The predicted molar refractivity (Wildman–Crippen MR) is 39.3 cm³/mol. The van der Waals surface area contributed by atoms with Crippen LogP contribution in [0.3, 0.4) is 0 Å². The molecule has 0 rings (SSSR count). The zero-order valence-corrected chi connectivity index (χ0v) is 6.73. The lowest BCUT2D eigenvalue weighted by atomic mass is 10.0. The van der Waals surface area contributed by atoms with Crippen LogP contribution >= 0.6 is 0 Å². The van der Waals surface area contributed by atoms with Crippen LogP contribution in [-0.4, -0.2) is 46.3 Å². The molecule has 1 amide bonds. The number of aliphatic hydroxyl groups is 3. The molecule has 0 saturated carbocycles. The summed E-state index contributed by atoms with van der Waals surface area (Å²) in [5.74, 6) is 0. The van der Waals surface area contributed by atoms with Crippen molar-refractivity contribution in [3.63, 3.8) is 0 Å². The highest BCUT2D eigenvalue weighted by Gasteiger charge is 2.35. The Morgan fingerprint density at radius 2 is 2.17 bits per heavy atom. The zero-order valence-electron chi connectivity index (χ0n) is 6.73. The summed E-state index contributed by atoms with van der Waals surface area (Å²) in [6, 6.07) is 0. The number of nitrogens with two attached hydrogens (primary N) is 1. The summed E-state index contributed by atoms with van der Waals surface area (Å²) in [6.07, 6.45) is -2.46. The molecule has 6 heteroatoms. The molecule has 5 N–H and O–H groups in total. The molecule has 0 aliphatic carbocycles. The second-order valence-electron chi connectivity index (χ2n) is 2.59. The highest BCUT2D eigenvalue weighted by Crippen LogP contribution is 2.14. The minimum atomic E-state index is -1.54. The smallest absolute Gasteiger partial charge is 0.405 e. The van der Waals surface area contributed by atoms with Gasteiger partial charge in [-0.1, -0.05) is 0 Å². The second-order valence-corrected chi connectivity index (χ2v) is 2.59. The van der Waals surface area contributed by atoms with E-state index < -0.39 is 31.0 Å². The number of ether oxygens (including phenoxy) is 1. The zero-order chi connectivity index (χ0) is 9.78. The summed E-state index contributed by atoms with van der Waals surface area (Å²) < 4.78 is 4.42. The van der Waals surface area contributed by atoms with Crippen LogP contribution in [0.1, 0.15) is 6.92 Å². The van der Waals surface area contributed by atoms with Gasteiger partial charge in [-0.15, -0.1) is 0 Å². The molecule has 0 bridgehead atoms. The summed E-state index contributed by atoms with van der Waals surface area (Å²) >= 11 is 0. The highest BCUT2D eigenvalue weighted by molar-refractivity contribution is 5.65. The summed E-state index contributed by atoms with van der Waals surface area (Å²) in [4.78, 5) is 10.3. The fourth-order valence-corrected chi connectivity index (χ4v) is 0.629. The van der Waals surface area contributed by atoms with Crippen molar-refractivity contribution in [3.05, 3.63) is 0 Å². The molecule has 0 aromatic carbocycles. The van der Waals surface area contributed by atoms with Crippen LogP contribution in [0.4, 0.5) is 4.79 Å². The van der Waals surface area contributed by atoms with E-state index in [4.69, 9.17) is 15.3 Å². The molecule has 0 radical (unpaired) electrons. The molecular formula is C6H13NO5. The Labute approximate surface area is 69.6 Å². The Kier molecular flexibility index (Phi) is 3.94. The molecule has 0 spiro atoms. The third-order valence-electron chi connectivity index (χ3n) is 1.53. The number of hydrogen-bond donors (Lipinski definition) is 4. The number of amides is 1. The van der Waals surface area contributed by atoms with Crippen molar-refractivity contribution in [2.75, 3.05) is 13.2 Å². The first-order chi connectivity index (χ1) is 5.46. The molecule has 0 aromatic heterocycles. The van der Waals surface area contributed by atoms with Crippen molar-refractivity contribution in [3.8, 4) is 0 Å². The van der Waals surface area contributed by atoms with Gasteiger partial charge < -0.3 is 25.8 Å². The average molecular weight is 179 g/mol. The van der Waals surface area contributed by atoms with Gasteiger partial charge in [0.05, 0.1) is 13.2 Å². The Morgan fingerprint density at radius 1 is 1.67 bits per heavy atom. The van der Waals surface area contributed by atoms with Gasteiger partial charge in [0.2, 0.25) is 0 Å². The maximum atomic E-state index is 10.3. The van der Waals surface area contributed by atoms with E-state index in [2.05, 4.69) is 10.5 Å². The van der Waals surface area contributed by atoms with Crippen LogP contribution in [-0.2, 0) is 4.74 Å². The van der Waals surface area contributed by atoms with Crippen LogP contribution < -0.4 is 5.73 Å². The van der Waals surface area contributed by atoms with Gasteiger partial charge in [-0.25, -0.2) is 4.79 Å². The van der Waals surface area contributed by atoms with Crippen molar-refractivity contribution >= 4 is 6.09 Å². The first-order valence-electron chi connectivity index (χ1n) is 3.34. The third kappa shape index (κ3) is 2.65. The molecular weight excluding hydrogens is 166 g/mol. The molecule has 0 fully saturated rings. The Morgan fingerprint density at radius 3 is 2.42 bits per heavy atom. The van der Waals surface area contributed by atoms with Crippen molar-refractivity contribution in [1.29, 1.82) is 0 Å². The maximum Gasteiger partial charge on any atom is 0.405 e. The van der Waals surface area contributed by atoms with Gasteiger partial charge in [-0.3, -0.25) is 0 Å². The van der Waals surface area contributed by atoms with Gasteiger partial charge in [0.25, 0.3) is 0 Å². The van der Waals surface area contributed by atoms with E-state index in [1.807, 2.05) is 0 Å². The van der Waals surface area contributed by atoms with Gasteiger partial charge in [0.1, 0.15) is 6.10 Å². The third-order valence-corrected chi connectivity index (χ3v) is 1.53. The minimum absolute atomic E-state index is 0.613. The topological polar surface area (TPSA) is 113 Å². The Bertz CT molecular complexity index is 162. The molecule has 6 nitrogen and oxygen atoms in total. The van der Waals surface area contributed by atoms with E-state index in [1.165, 1.54) is 6.92 Å². The van der Waals surface area contributed by atoms with E-state index in [0.717, 1.165) is 0 Å². The number of hydrogen-bond acceptors (Lipinski definition) is 5. The Balaban J connectivity index is 4.32. The number of carbonyl (C=O) groups is 1. The maximum absolute atomic E-state index is 10.3. The summed E-state index contributed by atoms with van der Waals surface area (Å²) in [7, 11) is 0. The summed E-state index contributed by atoms with van der Waals surface area (Å²) in [5.41, 5.74) is 3.14. The van der Waals surface area contributed by atoms with Crippen molar-refractivity contribution in [2.45, 2.75) is 18.6 Å². The quantitative estimate of drug-likeness (QED) is 0.406. The highest BCUT2D eigenvalue weighted by atomic mass is 16.6. The van der Waals surface area contributed by atoms with Gasteiger partial charge in [-0.05, 0) is 6.92 Å². The molecule has 0 aliphatic rings. The van der Waals surface area contributed by atoms with E-state index in [-0.39, 0.29) is 0 Å². The van der Waals surface area contributed by atoms with E-state index in [9.17, 15) is 4.79 Å². The molecule has 72 valence electrons. The van der Waals surface area contributed by atoms with Gasteiger partial charge >= 0.3 is 6.09 Å². The lowest BCUT2D eigenvalue weighted by Crippen LogP contribution is -2.49. The largest absolute Gasteiger partial charge is 0.438 e. The number of carbonyl (C=O) groups excluding carboxylic acids is 1. The minimum Gasteiger partial charge on any atom is -0.438 e. The average Bonchev–Trinajstić information content (AvgIpc) is 2.01. The number of aliphatic hydroxyl groups excluding tert-OH is 3. The SMILES string of the molecule is CC(CO)(OC(N)=O)C(O)CO. The molecule has 0 aromatic rings. The predicted octanol–water partition coefficient (Wildman–Crippen LogP) is -1.81. The number of rotatable bonds is 4. The van der Waals surface area contributed by atoms with Crippen molar-refractivity contribution < 1.29 is 24.9 Å². The molecule has 0 aliphatic heterocycles. The van der Waals surface area contributed by atoms with Gasteiger partial charge in [0, 0.05) is 0 Å². The van der Waals surface area contributed by atoms with Crippen molar-refractivity contribution in [2.24, 2.45) is 5.73 Å². The van der Waals surface area contributed by atoms with Crippen LogP contribution in [0, 0.1) is 0 Å². The molecule has 0 saturated heterocycles. The summed E-state index contributed by atoms with van der Waals surface area (Å²) in [6.45, 7) is 0.0284. The standard InChI is InChI=1S/C6H13NO5/c1-6(3-9,4(10)2-8)12-5(7)11/h4,8-10H,2-3H2,1H3,(H2,7,11). The van der Waals surface area contributed by atoms with E-state index >= 15 is 0 Å². The fourth-order valence-electron chi connectivity index (χ4n) is 0.629. The van der Waals surface area contributed by atoms with Crippen LogP contribution in [0.5, 0.6) is 0 Å². The molecule has 2 unspecified atom stereocenters. The summed E-state index contributed by atoms with van der Waals surface area (Å²) in [5, 5.41) is 26.3. The molecule has 0 heterocycles. The van der Waals surface area contributed by atoms with Gasteiger partial charge in [0.15, 0.2) is 5.60 Å². The number of primary amides is 1.